The number of aryl methyl sites for hydroxylation is 2. The highest BCUT2D eigenvalue weighted by Gasteiger charge is 2.02. The fourth-order valence-electron chi connectivity index (χ4n) is 1.83. The first-order valence-corrected chi connectivity index (χ1v) is 5.12. The summed E-state index contributed by atoms with van der Waals surface area (Å²) in [4.78, 5) is 4.60. The van der Waals surface area contributed by atoms with Crippen LogP contribution in [0.1, 0.15) is 23.7 Å². The number of nitrogens with zero attached hydrogens (tertiary/aromatic N) is 1. The van der Waals surface area contributed by atoms with Crippen LogP contribution in [0, 0.1) is 13.8 Å². The lowest BCUT2D eigenvalue weighted by Crippen LogP contribution is -1.89. The number of fused-ring (bicyclic) bond motifs is 1. The number of hydrogen-bond donors (Lipinski definition) is 0. The van der Waals surface area contributed by atoms with Crippen LogP contribution in [0.15, 0.2) is 30.8 Å². The second-order valence-corrected chi connectivity index (χ2v) is 4.13. The molecular weight excluding hydrogens is 182 g/mol. The normalized spacial score (nSPS) is 10.6. The lowest BCUT2D eigenvalue weighted by molar-refractivity contribution is 1.31. The van der Waals surface area contributed by atoms with Gasteiger partial charge in [0.2, 0.25) is 0 Å². The second kappa shape index (κ2) is 3.50. The predicted octanol–water partition coefficient (Wildman–Crippen LogP) is 3.88. The quantitative estimate of drug-likeness (QED) is 0.676. The first-order chi connectivity index (χ1) is 7.08. The molecule has 2 rings (SSSR count). The third kappa shape index (κ3) is 1.78. The minimum Gasteiger partial charge on any atom is -0.248 e. The van der Waals surface area contributed by atoms with E-state index in [9.17, 15) is 0 Å². The molecule has 0 N–H and O–H groups in total. The standard InChI is InChI=1S/C14H15N/c1-9(2)13-6-5-12-11(4)7-10(3)8-14(12)15-13/h5-8H,1H2,2-4H3. The summed E-state index contributed by atoms with van der Waals surface area (Å²) in [5, 5.41) is 1.23. The minimum atomic E-state index is 0.979. The maximum Gasteiger partial charge on any atom is 0.0714 e. The van der Waals surface area contributed by atoms with Crippen molar-refractivity contribution in [2.75, 3.05) is 0 Å². The SMILES string of the molecule is C=C(C)c1ccc2c(C)cc(C)cc2n1. The average Bonchev–Trinajstić information content (AvgIpc) is 2.16. The second-order valence-electron chi connectivity index (χ2n) is 4.13. The first kappa shape index (κ1) is 9.91. The van der Waals surface area contributed by atoms with Gasteiger partial charge in [0.25, 0.3) is 0 Å². The molecule has 15 heavy (non-hydrogen) atoms. The number of hydrogen-bond acceptors (Lipinski definition) is 1. The summed E-state index contributed by atoms with van der Waals surface area (Å²) in [6, 6.07) is 8.47. The summed E-state index contributed by atoms with van der Waals surface area (Å²) in [7, 11) is 0. The van der Waals surface area contributed by atoms with Crippen molar-refractivity contribution >= 4 is 16.5 Å². The Morgan fingerprint density at radius 1 is 1.20 bits per heavy atom. The molecule has 1 aromatic heterocycles. The Bertz CT molecular complexity index is 538. The van der Waals surface area contributed by atoms with E-state index in [4.69, 9.17) is 0 Å². The molecule has 0 atom stereocenters. The van der Waals surface area contributed by atoms with E-state index >= 15 is 0 Å². The van der Waals surface area contributed by atoms with E-state index in [-0.39, 0.29) is 0 Å². The molecular formula is C14H15N. The summed E-state index contributed by atoms with van der Waals surface area (Å²) < 4.78 is 0. The monoisotopic (exact) mass is 197 g/mol. The van der Waals surface area contributed by atoms with Crippen LogP contribution in [0.4, 0.5) is 0 Å². The van der Waals surface area contributed by atoms with E-state index in [2.05, 4.69) is 43.6 Å². The number of rotatable bonds is 1. The molecule has 0 fully saturated rings. The Labute approximate surface area is 90.5 Å². The molecule has 1 heteroatoms. The van der Waals surface area contributed by atoms with Crippen LogP contribution in [-0.4, -0.2) is 4.98 Å². The molecule has 0 aliphatic carbocycles. The minimum absolute atomic E-state index is 0.979. The van der Waals surface area contributed by atoms with E-state index in [0.717, 1.165) is 16.8 Å². The summed E-state index contributed by atoms with van der Waals surface area (Å²) in [5.74, 6) is 0. The van der Waals surface area contributed by atoms with Crippen molar-refractivity contribution in [1.29, 1.82) is 0 Å². The van der Waals surface area contributed by atoms with Crippen LogP contribution in [0.5, 0.6) is 0 Å². The van der Waals surface area contributed by atoms with Crippen LogP contribution in [-0.2, 0) is 0 Å². The topological polar surface area (TPSA) is 12.9 Å². The lowest BCUT2D eigenvalue weighted by atomic mass is 10.1. The van der Waals surface area contributed by atoms with Crippen LogP contribution in [0.25, 0.3) is 16.5 Å². The molecule has 1 aromatic carbocycles. The van der Waals surface area contributed by atoms with Gasteiger partial charge in [-0.1, -0.05) is 18.7 Å². The Hall–Kier alpha value is -1.63. The molecule has 0 bridgehead atoms. The zero-order valence-electron chi connectivity index (χ0n) is 9.46. The van der Waals surface area contributed by atoms with E-state index in [0.29, 0.717) is 0 Å². The third-order valence-electron chi connectivity index (χ3n) is 2.60. The van der Waals surface area contributed by atoms with Crippen LogP contribution in [0.3, 0.4) is 0 Å². The van der Waals surface area contributed by atoms with Gasteiger partial charge in [0.1, 0.15) is 0 Å². The molecule has 1 heterocycles. The highest BCUT2D eigenvalue weighted by molar-refractivity contribution is 5.84. The molecule has 1 nitrogen and oxygen atoms in total. The average molecular weight is 197 g/mol. The molecule has 0 saturated carbocycles. The molecule has 2 aromatic rings. The smallest absolute Gasteiger partial charge is 0.0714 e. The van der Waals surface area contributed by atoms with Crippen molar-refractivity contribution in [3.8, 4) is 0 Å². The van der Waals surface area contributed by atoms with Gasteiger partial charge in [-0.2, -0.15) is 0 Å². The zero-order valence-corrected chi connectivity index (χ0v) is 9.46. The van der Waals surface area contributed by atoms with Crippen molar-refractivity contribution in [1.82, 2.24) is 4.98 Å². The van der Waals surface area contributed by atoms with E-state index in [1.807, 2.05) is 13.0 Å². The molecule has 0 spiro atoms. The Balaban J connectivity index is 2.76. The molecule has 0 aliphatic heterocycles. The van der Waals surface area contributed by atoms with Gasteiger partial charge < -0.3 is 0 Å². The summed E-state index contributed by atoms with van der Waals surface area (Å²) in [6.45, 7) is 10.1. The molecule has 0 radical (unpaired) electrons. The predicted molar refractivity (Wildman–Crippen MR) is 65.9 cm³/mol. The maximum absolute atomic E-state index is 4.60. The largest absolute Gasteiger partial charge is 0.248 e. The molecule has 0 aliphatic rings. The first-order valence-electron chi connectivity index (χ1n) is 5.12. The van der Waals surface area contributed by atoms with Gasteiger partial charge in [-0.05, 0) is 49.6 Å². The number of benzene rings is 1. The Morgan fingerprint density at radius 2 is 1.93 bits per heavy atom. The number of aromatic nitrogens is 1. The highest BCUT2D eigenvalue weighted by Crippen LogP contribution is 2.21. The molecule has 76 valence electrons. The van der Waals surface area contributed by atoms with Crippen LogP contribution in [0.2, 0.25) is 0 Å². The molecule has 0 saturated heterocycles. The Kier molecular flexibility index (Phi) is 2.31. The Morgan fingerprint density at radius 3 is 2.60 bits per heavy atom. The van der Waals surface area contributed by atoms with E-state index < -0.39 is 0 Å². The van der Waals surface area contributed by atoms with Crippen LogP contribution < -0.4 is 0 Å². The van der Waals surface area contributed by atoms with Gasteiger partial charge >= 0.3 is 0 Å². The number of allylic oxidation sites excluding steroid dienone is 1. The van der Waals surface area contributed by atoms with Crippen molar-refractivity contribution in [3.05, 3.63) is 47.7 Å². The van der Waals surface area contributed by atoms with Gasteiger partial charge in [0.05, 0.1) is 11.2 Å². The van der Waals surface area contributed by atoms with Gasteiger partial charge in [-0.15, -0.1) is 0 Å². The van der Waals surface area contributed by atoms with E-state index in [1.54, 1.807) is 0 Å². The van der Waals surface area contributed by atoms with E-state index in [1.165, 1.54) is 16.5 Å². The molecule has 0 amide bonds. The van der Waals surface area contributed by atoms with Crippen molar-refractivity contribution in [2.24, 2.45) is 0 Å². The maximum atomic E-state index is 4.60. The fraction of sp³-hybridized carbons (Fsp3) is 0.214. The fourth-order valence-corrected chi connectivity index (χ4v) is 1.83. The van der Waals surface area contributed by atoms with Gasteiger partial charge in [-0.3, -0.25) is 0 Å². The van der Waals surface area contributed by atoms with Gasteiger partial charge in [0.15, 0.2) is 0 Å². The van der Waals surface area contributed by atoms with Crippen molar-refractivity contribution < 1.29 is 0 Å². The lowest BCUT2D eigenvalue weighted by Gasteiger charge is -2.06. The molecule has 0 unspecified atom stereocenters. The summed E-state index contributed by atoms with van der Waals surface area (Å²) >= 11 is 0. The summed E-state index contributed by atoms with van der Waals surface area (Å²) in [6.07, 6.45) is 0. The third-order valence-corrected chi connectivity index (χ3v) is 2.60. The van der Waals surface area contributed by atoms with Gasteiger partial charge in [-0.25, -0.2) is 4.98 Å². The van der Waals surface area contributed by atoms with Gasteiger partial charge in [0, 0.05) is 5.39 Å². The van der Waals surface area contributed by atoms with Crippen molar-refractivity contribution in [3.63, 3.8) is 0 Å². The highest BCUT2D eigenvalue weighted by atomic mass is 14.7. The summed E-state index contributed by atoms with van der Waals surface area (Å²) in [5.41, 5.74) is 5.59. The number of pyridine rings is 1. The van der Waals surface area contributed by atoms with Crippen molar-refractivity contribution in [2.45, 2.75) is 20.8 Å². The zero-order chi connectivity index (χ0) is 11.0. The van der Waals surface area contributed by atoms with Crippen LogP contribution >= 0.6 is 0 Å².